The van der Waals surface area contributed by atoms with Gasteiger partial charge in [-0.1, -0.05) is 6.07 Å². The summed E-state index contributed by atoms with van der Waals surface area (Å²) in [6, 6.07) is 4.76. The predicted octanol–water partition coefficient (Wildman–Crippen LogP) is 0.352. The number of aromatic nitrogens is 1. The number of hydrogen-bond acceptors (Lipinski definition) is 4. The van der Waals surface area contributed by atoms with Crippen molar-refractivity contribution in [2.24, 2.45) is 0 Å². The number of rotatable bonds is 5. The maximum atomic E-state index is 11.1. The van der Waals surface area contributed by atoms with Gasteiger partial charge in [-0.3, -0.25) is 4.79 Å². The monoisotopic (exact) mass is 237 g/mol. The number of nitrogens with one attached hydrogen (secondary N) is 1. The van der Waals surface area contributed by atoms with Gasteiger partial charge in [-0.2, -0.15) is 0 Å². The molecule has 1 aromatic heterocycles. The molecule has 0 fully saturated rings. The molecule has 92 valence electrons. The summed E-state index contributed by atoms with van der Waals surface area (Å²) >= 11 is 0. The van der Waals surface area contributed by atoms with Crippen LogP contribution in [0, 0.1) is 0 Å². The second-order valence-corrected chi connectivity index (χ2v) is 3.53. The van der Waals surface area contributed by atoms with Crippen LogP contribution in [0.25, 0.3) is 0 Å². The zero-order valence-corrected chi connectivity index (χ0v) is 9.80. The zero-order chi connectivity index (χ0) is 12.8. The highest BCUT2D eigenvalue weighted by Gasteiger charge is 2.09. The van der Waals surface area contributed by atoms with Gasteiger partial charge in [0.1, 0.15) is 5.82 Å². The second kappa shape index (κ2) is 5.83. The Kier molecular flexibility index (Phi) is 4.45. The summed E-state index contributed by atoms with van der Waals surface area (Å²) in [5.41, 5.74) is -0.00528. The molecule has 6 nitrogen and oxygen atoms in total. The molecule has 0 aliphatic heterocycles. The van der Waals surface area contributed by atoms with E-state index >= 15 is 0 Å². The predicted molar refractivity (Wildman–Crippen MR) is 63.2 cm³/mol. The molecular weight excluding hydrogens is 222 g/mol. The van der Waals surface area contributed by atoms with E-state index in [0.717, 1.165) is 0 Å². The number of carbonyl (C=O) groups is 2. The van der Waals surface area contributed by atoms with E-state index in [1.807, 2.05) is 0 Å². The van der Waals surface area contributed by atoms with Crippen molar-refractivity contribution in [3.8, 4) is 0 Å². The Morgan fingerprint density at radius 2 is 2.18 bits per heavy atom. The molecule has 0 bridgehead atoms. The van der Waals surface area contributed by atoms with Crippen LogP contribution in [-0.4, -0.2) is 42.6 Å². The molecule has 2 N–H and O–H groups in total. The minimum absolute atomic E-state index is 0.00528. The number of hydrogen-bond donors (Lipinski definition) is 2. The van der Waals surface area contributed by atoms with Crippen molar-refractivity contribution in [1.82, 2.24) is 10.3 Å². The van der Waals surface area contributed by atoms with Gasteiger partial charge in [0, 0.05) is 27.1 Å². The molecule has 0 aliphatic rings. The maximum absolute atomic E-state index is 11.1. The SMILES string of the molecule is CNC(=O)CCN(C)c1cccc(C(=O)O)n1. The van der Waals surface area contributed by atoms with E-state index < -0.39 is 5.97 Å². The van der Waals surface area contributed by atoms with Gasteiger partial charge in [-0.05, 0) is 12.1 Å². The van der Waals surface area contributed by atoms with Crippen molar-refractivity contribution in [3.63, 3.8) is 0 Å². The first-order valence-electron chi connectivity index (χ1n) is 5.16. The Hall–Kier alpha value is -2.11. The molecule has 0 saturated heterocycles. The van der Waals surface area contributed by atoms with Crippen molar-refractivity contribution in [2.45, 2.75) is 6.42 Å². The molecule has 6 heteroatoms. The van der Waals surface area contributed by atoms with E-state index in [-0.39, 0.29) is 11.6 Å². The molecule has 17 heavy (non-hydrogen) atoms. The molecule has 0 unspecified atom stereocenters. The first kappa shape index (κ1) is 13.0. The topological polar surface area (TPSA) is 82.5 Å². The quantitative estimate of drug-likeness (QED) is 0.772. The summed E-state index contributed by atoms with van der Waals surface area (Å²) in [7, 11) is 3.34. The third-order valence-electron chi connectivity index (χ3n) is 2.30. The van der Waals surface area contributed by atoms with Crippen LogP contribution in [0.2, 0.25) is 0 Å². The number of aromatic carboxylic acids is 1. The van der Waals surface area contributed by atoms with Crippen LogP contribution in [0.3, 0.4) is 0 Å². The van der Waals surface area contributed by atoms with Crippen molar-refractivity contribution in [1.29, 1.82) is 0 Å². The normalized spacial score (nSPS) is 9.76. The lowest BCUT2D eigenvalue weighted by Gasteiger charge is -2.17. The molecule has 1 rings (SSSR count). The first-order valence-corrected chi connectivity index (χ1v) is 5.16. The van der Waals surface area contributed by atoms with E-state index in [4.69, 9.17) is 5.11 Å². The Balaban J connectivity index is 2.68. The van der Waals surface area contributed by atoms with Crippen LogP contribution in [-0.2, 0) is 4.79 Å². The Morgan fingerprint density at radius 3 is 2.76 bits per heavy atom. The highest BCUT2D eigenvalue weighted by molar-refractivity contribution is 5.85. The molecule has 0 saturated carbocycles. The van der Waals surface area contributed by atoms with E-state index in [9.17, 15) is 9.59 Å². The standard InChI is InChI=1S/C11H15N3O3/c1-12-10(15)6-7-14(2)9-5-3-4-8(13-9)11(16)17/h3-5H,6-7H2,1-2H3,(H,12,15)(H,16,17). The van der Waals surface area contributed by atoms with Gasteiger partial charge in [-0.15, -0.1) is 0 Å². The Morgan fingerprint density at radius 1 is 1.47 bits per heavy atom. The molecular formula is C11H15N3O3. The van der Waals surface area contributed by atoms with E-state index in [1.54, 1.807) is 31.1 Å². The summed E-state index contributed by atoms with van der Waals surface area (Å²) in [5, 5.41) is 11.3. The van der Waals surface area contributed by atoms with Gasteiger partial charge in [0.25, 0.3) is 0 Å². The van der Waals surface area contributed by atoms with Crippen molar-refractivity contribution in [2.75, 3.05) is 25.5 Å². The molecule has 1 amide bonds. The van der Waals surface area contributed by atoms with E-state index in [1.165, 1.54) is 6.07 Å². The van der Waals surface area contributed by atoms with Gasteiger partial charge >= 0.3 is 5.97 Å². The average molecular weight is 237 g/mol. The number of carbonyl (C=O) groups excluding carboxylic acids is 1. The fraction of sp³-hybridized carbons (Fsp3) is 0.364. The summed E-state index contributed by atoms with van der Waals surface area (Å²) in [6.07, 6.45) is 0.339. The van der Waals surface area contributed by atoms with E-state index in [0.29, 0.717) is 18.8 Å². The highest BCUT2D eigenvalue weighted by Crippen LogP contribution is 2.10. The molecule has 0 spiro atoms. The van der Waals surface area contributed by atoms with Crippen molar-refractivity contribution in [3.05, 3.63) is 23.9 Å². The van der Waals surface area contributed by atoms with Gasteiger partial charge < -0.3 is 15.3 Å². The fourth-order valence-corrected chi connectivity index (χ4v) is 1.26. The van der Waals surface area contributed by atoms with Gasteiger partial charge in [0.05, 0.1) is 0 Å². The lowest BCUT2D eigenvalue weighted by Crippen LogP contribution is -2.27. The lowest BCUT2D eigenvalue weighted by atomic mass is 10.3. The van der Waals surface area contributed by atoms with E-state index in [2.05, 4.69) is 10.3 Å². The summed E-state index contributed by atoms with van der Waals surface area (Å²) in [5.74, 6) is -0.591. The Bertz CT molecular complexity index is 420. The summed E-state index contributed by atoms with van der Waals surface area (Å²) in [4.78, 5) is 27.5. The summed E-state index contributed by atoms with van der Waals surface area (Å²) in [6.45, 7) is 0.482. The average Bonchev–Trinajstić information content (AvgIpc) is 2.35. The Labute approximate surface area is 99.3 Å². The van der Waals surface area contributed by atoms with Crippen molar-refractivity contribution < 1.29 is 14.7 Å². The van der Waals surface area contributed by atoms with Crippen LogP contribution < -0.4 is 10.2 Å². The third kappa shape index (κ3) is 3.75. The largest absolute Gasteiger partial charge is 0.477 e. The number of anilines is 1. The number of carboxylic acids is 1. The molecule has 1 heterocycles. The lowest BCUT2D eigenvalue weighted by molar-refractivity contribution is -0.120. The number of carboxylic acid groups (broad SMARTS) is 1. The molecule has 0 aromatic carbocycles. The minimum atomic E-state index is -1.06. The molecule has 0 aliphatic carbocycles. The van der Waals surface area contributed by atoms with Crippen LogP contribution in [0.4, 0.5) is 5.82 Å². The van der Waals surface area contributed by atoms with Gasteiger partial charge in [0.15, 0.2) is 5.69 Å². The number of amides is 1. The fourth-order valence-electron chi connectivity index (χ4n) is 1.26. The first-order chi connectivity index (χ1) is 8.04. The minimum Gasteiger partial charge on any atom is -0.477 e. The summed E-state index contributed by atoms with van der Waals surface area (Å²) < 4.78 is 0. The molecule has 0 radical (unpaired) electrons. The molecule has 1 aromatic rings. The van der Waals surface area contributed by atoms with Crippen LogP contribution >= 0.6 is 0 Å². The van der Waals surface area contributed by atoms with Crippen molar-refractivity contribution >= 4 is 17.7 Å². The smallest absolute Gasteiger partial charge is 0.354 e. The second-order valence-electron chi connectivity index (χ2n) is 3.53. The zero-order valence-electron chi connectivity index (χ0n) is 9.80. The van der Waals surface area contributed by atoms with Crippen LogP contribution in [0.15, 0.2) is 18.2 Å². The van der Waals surface area contributed by atoms with Crippen LogP contribution in [0.1, 0.15) is 16.9 Å². The molecule has 0 atom stereocenters. The number of pyridine rings is 1. The van der Waals surface area contributed by atoms with Gasteiger partial charge in [-0.25, -0.2) is 9.78 Å². The highest BCUT2D eigenvalue weighted by atomic mass is 16.4. The maximum Gasteiger partial charge on any atom is 0.354 e. The van der Waals surface area contributed by atoms with Crippen LogP contribution in [0.5, 0.6) is 0 Å². The number of nitrogens with zero attached hydrogens (tertiary/aromatic N) is 2. The third-order valence-corrected chi connectivity index (χ3v) is 2.30. The van der Waals surface area contributed by atoms with Gasteiger partial charge in [0.2, 0.25) is 5.91 Å².